The number of ketones is 1. The van der Waals surface area contributed by atoms with E-state index in [1.54, 1.807) is 13.2 Å². The molecule has 2 aliphatic rings. The molecule has 0 aliphatic heterocycles. The number of fused-ring (bicyclic) bond motifs is 4. The zero-order valence-electron chi connectivity index (χ0n) is 18.3. The molecule has 0 bridgehead atoms. The van der Waals surface area contributed by atoms with E-state index < -0.39 is 5.41 Å². The zero-order chi connectivity index (χ0) is 22.4. The summed E-state index contributed by atoms with van der Waals surface area (Å²) in [5.41, 5.74) is 8.13. The van der Waals surface area contributed by atoms with Crippen molar-refractivity contribution in [3.8, 4) is 5.75 Å². The van der Waals surface area contributed by atoms with Crippen molar-refractivity contribution in [2.45, 2.75) is 5.41 Å². The lowest BCUT2D eigenvalue weighted by Gasteiger charge is -2.36. The zero-order valence-corrected chi connectivity index (χ0v) is 18.3. The molecule has 1 spiro atoms. The quantitative estimate of drug-likeness (QED) is 0.364. The van der Waals surface area contributed by atoms with Gasteiger partial charge in [-0.3, -0.25) is 4.79 Å². The third kappa shape index (κ3) is 2.77. The molecule has 4 aromatic rings. The van der Waals surface area contributed by atoms with Gasteiger partial charge in [0.05, 0.1) is 12.5 Å². The Bertz CT molecular complexity index is 1450. The van der Waals surface area contributed by atoms with Crippen LogP contribution in [0.5, 0.6) is 5.75 Å². The lowest BCUT2D eigenvalue weighted by atomic mass is 9.65. The van der Waals surface area contributed by atoms with Crippen LogP contribution in [0.2, 0.25) is 0 Å². The molecular weight excluding hydrogens is 404 g/mol. The lowest BCUT2D eigenvalue weighted by molar-refractivity contribution is 0.104. The predicted octanol–water partition coefficient (Wildman–Crippen LogP) is 6.71. The molecule has 0 radical (unpaired) electrons. The summed E-state index contributed by atoms with van der Waals surface area (Å²) in [4.78, 5) is 12.9. The van der Waals surface area contributed by atoms with Crippen LogP contribution in [0.15, 0.2) is 115 Å². The largest absolute Gasteiger partial charge is 0.497 e. The number of rotatable bonds is 3. The standard InChI is InChI=1S/C31H22O2/c1-33-23-16-17-25-27(20-23)31(19-18-28(32)24-14-8-9-15-26(24)31)30(22-12-6-3-7-13-22)29(25)21-10-4-2-5-11-21/h2-20H,1H3/t31-/m1/s1. The summed E-state index contributed by atoms with van der Waals surface area (Å²) < 4.78 is 5.65. The van der Waals surface area contributed by atoms with E-state index in [0.29, 0.717) is 0 Å². The molecule has 4 aromatic carbocycles. The van der Waals surface area contributed by atoms with Gasteiger partial charge in [-0.1, -0.05) is 97.1 Å². The van der Waals surface area contributed by atoms with Gasteiger partial charge >= 0.3 is 0 Å². The summed E-state index contributed by atoms with van der Waals surface area (Å²) in [6.07, 6.45) is 3.83. The second-order valence-corrected chi connectivity index (χ2v) is 8.44. The Morgan fingerprint density at radius 1 is 0.667 bits per heavy atom. The number of hydrogen-bond acceptors (Lipinski definition) is 2. The highest BCUT2D eigenvalue weighted by Gasteiger charge is 2.48. The first kappa shape index (κ1) is 19.5. The fourth-order valence-electron chi connectivity index (χ4n) is 5.42. The molecule has 2 heteroatoms. The van der Waals surface area contributed by atoms with Gasteiger partial charge in [-0.05, 0) is 57.2 Å². The number of allylic oxidation sites excluding steroid dienone is 3. The summed E-state index contributed by atoms with van der Waals surface area (Å²) in [6.45, 7) is 0. The average molecular weight is 427 g/mol. The number of hydrogen-bond donors (Lipinski definition) is 0. The second-order valence-electron chi connectivity index (χ2n) is 8.44. The van der Waals surface area contributed by atoms with E-state index in [0.717, 1.165) is 39.1 Å². The molecule has 0 heterocycles. The summed E-state index contributed by atoms with van der Waals surface area (Å²) in [7, 11) is 1.70. The SMILES string of the molecule is COc1ccc2c(c1)[C@]1(C=CC(=O)c3ccccc31)C(c1ccccc1)=C2c1ccccc1. The minimum Gasteiger partial charge on any atom is -0.497 e. The van der Waals surface area contributed by atoms with Gasteiger partial charge in [-0.15, -0.1) is 0 Å². The van der Waals surface area contributed by atoms with Crippen molar-refractivity contribution in [1.82, 2.24) is 0 Å². The van der Waals surface area contributed by atoms with Crippen molar-refractivity contribution in [3.05, 3.63) is 149 Å². The molecule has 2 aliphatic carbocycles. The minimum absolute atomic E-state index is 0.0428. The van der Waals surface area contributed by atoms with Crippen LogP contribution in [0.1, 0.15) is 38.2 Å². The van der Waals surface area contributed by atoms with Gasteiger partial charge in [0.2, 0.25) is 0 Å². The third-order valence-corrected chi connectivity index (χ3v) is 6.79. The highest BCUT2D eigenvalue weighted by molar-refractivity contribution is 6.15. The maximum atomic E-state index is 12.9. The molecule has 0 amide bonds. The van der Waals surface area contributed by atoms with E-state index in [1.807, 2.05) is 36.4 Å². The van der Waals surface area contributed by atoms with Crippen LogP contribution in [0.3, 0.4) is 0 Å². The monoisotopic (exact) mass is 426 g/mol. The van der Waals surface area contributed by atoms with Crippen LogP contribution < -0.4 is 4.74 Å². The molecule has 2 nitrogen and oxygen atoms in total. The number of ether oxygens (including phenoxy) is 1. The topological polar surface area (TPSA) is 26.3 Å². The first-order valence-electron chi connectivity index (χ1n) is 11.1. The molecule has 0 unspecified atom stereocenters. The first-order chi connectivity index (χ1) is 16.2. The van der Waals surface area contributed by atoms with Crippen molar-refractivity contribution in [2.24, 2.45) is 0 Å². The molecule has 0 fully saturated rings. The van der Waals surface area contributed by atoms with E-state index >= 15 is 0 Å². The Morgan fingerprint density at radius 2 is 1.33 bits per heavy atom. The number of carbonyl (C=O) groups is 1. The number of benzene rings is 4. The molecule has 0 saturated heterocycles. The maximum absolute atomic E-state index is 12.9. The van der Waals surface area contributed by atoms with E-state index in [9.17, 15) is 4.79 Å². The van der Waals surface area contributed by atoms with E-state index in [1.165, 1.54) is 11.1 Å². The maximum Gasteiger partial charge on any atom is 0.185 e. The van der Waals surface area contributed by atoms with Crippen LogP contribution in [0, 0.1) is 0 Å². The van der Waals surface area contributed by atoms with Crippen LogP contribution >= 0.6 is 0 Å². The van der Waals surface area contributed by atoms with Gasteiger partial charge in [-0.25, -0.2) is 0 Å². The normalized spacial score (nSPS) is 18.4. The molecule has 1 atom stereocenters. The van der Waals surface area contributed by atoms with Gasteiger partial charge in [0.25, 0.3) is 0 Å². The Balaban J connectivity index is 1.81. The summed E-state index contributed by atoms with van der Waals surface area (Å²) in [5, 5.41) is 0. The number of methoxy groups -OCH3 is 1. The van der Waals surface area contributed by atoms with Crippen molar-refractivity contribution in [3.63, 3.8) is 0 Å². The molecular formula is C31H22O2. The van der Waals surface area contributed by atoms with Gasteiger partial charge in [0.1, 0.15) is 5.75 Å². The Labute approximate surface area is 193 Å². The van der Waals surface area contributed by atoms with Gasteiger partial charge in [0, 0.05) is 5.56 Å². The van der Waals surface area contributed by atoms with E-state index in [2.05, 4.69) is 72.8 Å². The Hall–Kier alpha value is -4.17. The number of carbonyl (C=O) groups excluding carboxylic acids is 1. The van der Waals surface area contributed by atoms with Crippen LogP contribution in [-0.4, -0.2) is 12.9 Å². The first-order valence-corrected chi connectivity index (χ1v) is 11.1. The van der Waals surface area contributed by atoms with Crippen LogP contribution in [0.25, 0.3) is 11.1 Å². The molecule has 33 heavy (non-hydrogen) atoms. The average Bonchev–Trinajstić information content (AvgIpc) is 3.17. The highest BCUT2D eigenvalue weighted by Crippen LogP contribution is 2.59. The van der Waals surface area contributed by atoms with Gasteiger partial charge in [0.15, 0.2) is 5.78 Å². The van der Waals surface area contributed by atoms with Crippen molar-refractivity contribution in [1.29, 1.82) is 0 Å². The molecule has 0 N–H and O–H groups in total. The minimum atomic E-state index is -0.596. The molecule has 6 rings (SSSR count). The van der Waals surface area contributed by atoms with Crippen molar-refractivity contribution in [2.75, 3.05) is 7.11 Å². The second kappa shape index (κ2) is 7.46. The van der Waals surface area contributed by atoms with Gasteiger partial charge in [-0.2, -0.15) is 0 Å². The smallest absolute Gasteiger partial charge is 0.185 e. The lowest BCUT2D eigenvalue weighted by Crippen LogP contribution is -2.30. The van der Waals surface area contributed by atoms with Crippen LogP contribution in [-0.2, 0) is 5.41 Å². The van der Waals surface area contributed by atoms with Gasteiger partial charge < -0.3 is 4.74 Å². The Kier molecular flexibility index (Phi) is 4.41. The van der Waals surface area contributed by atoms with Crippen molar-refractivity contribution >= 4 is 16.9 Å². The fraction of sp³-hybridized carbons (Fsp3) is 0.0645. The predicted molar refractivity (Wildman–Crippen MR) is 132 cm³/mol. The summed E-state index contributed by atoms with van der Waals surface area (Å²) in [5.74, 6) is 0.846. The highest BCUT2D eigenvalue weighted by atomic mass is 16.5. The van der Waals surface area contributed by atoms with E-state index in [4.69, 9.17) is 4.74 Å². The van der Waals surface area contributed by atoms with Crippen LogP contribution in [0.4, 0.5) is 0 Å². The fourth-order valence-corrected chi connectivity index (χ4v) is 5.42. The molecule has 158 valence electrons. The molecule has 0 aromatic heterocycles. The molecule has 0 saturated carbocycles. The Morgan fingerprint density at radius 3 is 2.06 bits per heavy atom. The summed E-state index contributed by atoms with van der Waals surface area (Å²) in [6, 6.07) is 35.3. The summed E-state index contributed by atoms with van der Waals surface area (Å²) >= 11 is 0. The van der Waals surface area contributed by atoms with Crippen molar-refractivity contribution < 1.29 is 9.53 Å². The third-order valence-electron chi connectivity index (χ3n) is 6.79. The van der Waals surface area contributed by atoms with E-state index in [-0.39, 0.29) is 5.78 Å².